The van der Waals surface area contributed by atoms with E-state index in [1.54, 1.807) is 6.20 Å². The molecule has 0 N–H and O–H groups in total. The van der Waals surface area contributed by atoms with E-state index in [9.17, 15) is 0 Å². The van der Waals surface area contributed by atoms with Gasteiger partial charge in [-0.3, -0.25) is 9.97 Å². The Morgan fingerprint density at radius 2 is 2.07 bits per heavy atom. The van der Waals surface area contributed by atoms with Crippen LogP contribution >= 0.6 is 34.2 Å². The smallest absolute Gasteiger partial charge is 0.0930 e. The van der Waals surface area contributed by atoms with Crippen LogP contribution in [0.2, 0.25) is 5.02 Å². The summed E-state index contributed by atoms with van der Waals surface area (Å²) in [7, 11) is 0. The molecule has 14 heavy (non-hydrogen) atoms. The van der Waals surface area contributed by atoms with E-state index in [4.69, 9.17) is 11.6 Å². The molecule has 2 heterocycles. The number of rotatable bonds is 0. The highest BCUT2D eigenvalue weighted by Crippen LogP contribution is 2.28. The SMILES string of the molecule is Cc1cc2c(Cl)c(I)cnc2c(C)n1. The first-order valence-corrected chi connectivity index (χ1v) is 5.63. The summed E-state index contributed by atoms with van der Waals surface area (Å²) in [6.45, 7) is 3.91. The minimum atomic E-state index is 0.768. The maximum atomic E-state index is 6.19. The van der Waals surface area contributed by atoms with Crippen molar-refractivity contribution in [2.75, 3.05) is 0 Å². The number of halogens is 2. The van der Waals surface area contributed by atoms with E-state index in [-0.39, 0.29) is 0 Å². The van der Waals surface area contributed by atoms with E-state index in [0.717, 1.165) is 30.9 Å². The topological polar surface area (TPSA) is 25.8 Å². The summed E-state index contributed by atoms with van der Waals surface area (Å²) in [5.41, 5.74) is 2.79. The molecular formula is C10H8ClIN2. The molecule has 0 radical (unpaired) electrons. The van der Waals surface area contributed by atoms with Crippen LogP contribution in [-0.4, -0.2) is 9.97 Å². The summed E-state index contributed by atoms with van der Waals surface area (Å²) in [5.74, 6) is 0. The molecule has 0 spiro atoms. The summed E-state index contributed by atoms with van der Waals surface area (Å²) in [5, 5.41) is 1.76. The Hall–Kier alpha value is -0.420. The quantitative estimate of drug-likeness (QED) is 0.695. The van der Waals surface area contributed by atoms with E-state index in [2.05, 4.69) is 32.6 Å². The van der Waals surface area contributed by atoms with Crippen molar-refractivity contribution in [3.8, 4) is 0 Å². The van der Waals surface area contributed by atoms with Gasteiger partial charge in [-0.2, -0.15) is 0 Å². The van der Waals surface area contributed by atoms with Crippen LogP contribution < -0.4 is 0 Å². The van der Waals surface area contributed by atoms with Crippen molar-refractivity contribution in [3.05, 3.63) is 32.2 Å². The van der Waals surface area contributed by atoms with Crippen LogP contribution in [0.25, 0.3) is 10.9 Å². The van der Waals surface area contributed by atoms with Crippen LogP contribution in [0.3, 0.4) is 0 Å². The van der Waals surface area contributed by atoms with Gasteiger partial charge in [0.2, 0.25) is 0 Å². The number of nitrogens with zero attached hydrogens (tertiary/aromatic N) is 2. The largest absolute Gasteiger partial charge is 0.256 e. The second-order valence-corrected chi connectivity index (χ2v) is 4.71. The van der Waals surface area contributed by atoms with Crippen LogP contribution in [0.15, 0.2) is 12.3 Å². The van der Waals surface area contributed by atoms with Crippen molar-refractivity contribution in [3.63, 3.8) is 0 Å². The highest BCUT2D eigenvalue weighted by Gasteiger charge is 2.07. The molecule has 0 aliphatic rings. The second kappa shape index (κ2) is 3.62. The Labute approximate surface area is 101 Å². The third-order valence-electron chi connectivity index (χ3n) is 2.05. The van der Waals surface area contributed by atoms with Gasteiger partial charge in [0, 0.05) is 17.3 Å². The van der Waals surface area contributed by atoms with Gasteiger partial charge in [-0.1, -0.05) is 11.6 Å². The van der Waals surface area contributed by atoms with Crippen LogP contribution in [-0.2, 0) is 0 Å². The molecular weight excluding hydrogens is 310 g/mol. The molecule has 0 saturated carbocycles. The molecule has 0 fully saturated rings. The maximum absolute atomic E-state index is 6.19. The van der Waals surface area contributed by atoms with Gasteiger partial charge in [0.05, 0.1) is 19.8 Å². The fourth-order valence-electron chi connectivity index (χ4n) is 1.46. The number of pyridine rings is 2. The second-order valence-electron chi connectivity index (χ2n) is 3.17. The van der Waals surface area contributed by atoms with E-state index in [1.807, 2.05) is 19.9 Å². The van der Waals surface area contributed by atoms with E-state index < -0.39 is 0 Å². The molecule has 0 atom stereocenters. The van der Waals surface area contributed by atoms with Crippen molar-refractivity contribution < 1.29 is 0 Å². The standard InChI is InChI=1S/C10H8ClIN2/c1-5-3-7-9(11)8(12)4-13-10(7)6(2)14-5/h3-4H,1-2H3. The lowest BCUT2D eigenvalue weighted by Gasteiger charge is -2.05. The summed E-state index contributed by atoms with van der Waals surface area (Å²) >= 11 is 8.38. The predicted molar refractivity (Wildman–Crippen MR) is 66.7 cm³/mol. The minimum Gasteiger partial charge on any atom is -0.256 e. The third-order valence-corrected chi connectivity index (χ3v) is 3.59. The molecule has 0 aromatic carbocycles. The van der Waals surface area contributed by atoms with Gasteiger partial charge in [-0.15, -0.1) is 0 Å². The average molecular weight is 319 g/mol. The molecule has 4 heteroatoms. The summed E-state index contributed by atoms with van der Waals surface area (Å²) < 4.78 is 0.974. The number of hydrogen-bond acceptors (Lipinski definition) is 2. The zero-order valence-electron chi connectivity index (χ0n) is 7.81. The molecule has 2 aromatic heterocycles. The summed E-state index contributed by atoms with van der Waals surface area (Å²) in [4.78, 5) is 8.68. The highest BCUT2D eigenvalue weighted by atomic mass is 127. The highest BCUT2D eigenvalue weighted by molar-refractivity contribution is 14.1. The van der Waals surface area contributed by atoms with Crippen molar-refractivity contribution in [2.45, 2.75) is 13.8 Å². The number of aryl methyl sites for hydroxylation is 2. The lowest BCUT2D eigenvalue weighted by atomic mass is 10.2. The first-order chi connectivity index (χ1) is 6.59. The van der Waals surface area contributed by atoms with Crippen molar-refractivity contribution in [1.82, 2.24) is 9.97 Å². The zero-order chi connectivity index (χ0) is 10.3. The molecule has 72 valence electrons. The Bertz CT molecular complexity index is 511. The van der Waals surface area contributed by atoms with Gasteiger partial charge >= 0.3 is 0 Å². The van der Waals surface area contributed by atoms with Gasteiger partial charge < -0.3 is 0 Å². The maximum Gasteiger partial charge on any atom is 0.0930 e. The molecule has 0 amide bonds. The number of hydrogen-bond donors (Lipinski definition) is 0. The van der Waals surface area contributed by atoms with Crippen molar-refractivity contribution in [1.29, 1.82) is 0 Å². The molecule has 2 nitrogen and oxygen atoms in total. The average Bonchev–Trinajstić information content (AvgIpc) is 2.12. The number of fused-ring (bicyclic) bond motifs is 1. The van der Waals surface area contributed by atoms with Crippen LogP contribution in [0.4, 0.5) is 0 Å². The molecule has 2 aromatic rings. The fourth-order valence-corrected chi connectivity index (χ4v) is 2.08. The molecule has 0 aliphatic carbocycles. The minimum absolute atomic E-state index is 0.768. The van der Waals surface area contributed by atoms with Gasteiger partial charge in [0.1, 0.15) is 0 Å². The predicted octanol–water partition coefficient (Wildman–Crippen LogP) is 3.50. The first-order valence-electron chi connectivity index (χ1n) is 4.17. The monoisotopic (exact) mass is 318 g/mol. The Balaban J connectivity index is 2.95. The molecule has 0 bridgehead atoms. The normalized spacial score (nSPS) is 10.9. The van der Waals surface area contributed by atoms with E-state index in [1.165, 1.54) is 0 Å². The van der Waals surface area contributed by atoms with Gasteiger partial charge in [-0.05, 0) is 42.5 Å². The summed E-state index contributed by atoms with van der Waals surface area (Å²) in [6.07, 6.45) is 1.77. The Kier molecular flexibility index (Phi) is 2.62. The lowest BCUT2D eigenvalue weighted by molar-refractivity contribution is 1.13. The third kappa shape index (κ3) is 1.59. The molecule has 0 aliphatic heterocycles. The van der Waals surface area contributed by atoms with Gasteiger partial charge in [-0.25, -0.2) is 0 Å². The molecule has 0 saturated heterocycles. The van der Waals surface area contributed by atoms with Gasteiger partial charge in [0.15, 0.2) is 0 Å². The fraction of sp³-hybridized carbons (Fsp3) is 0.200. The van der Waals surface area contributed by atoms with E-state index in [0.29, 0.717) is 0 Å². The zero-order valence-corrected chi connectivity index (χ0v) is 10.7. The molecule has 0 unspecified atom stereocenters. The Morgan fingerprint density at radius 1 is 1.36 bits per heavy atom. The van der Waals surface area contributed by atoms with Crippen LogP contribution in [0, 0.1) is 17.4 Å². The van der Waals surface area contributed by atoms with Crippen LogP contribution in [0.1, 0.15) is 11.4 Å². The lowest BCUT2D eigenvalue weighted by Crippen LogP contribution is -1.92. The Morgan fingerprint density at radius 3 is 2.79 bits per heavy atom. The first kappa shape index (κ1) is 10.1. The summed E-state index contributed by atoms with van der Waals surface area (Å²) in [6, 6.07) is 1.97. The molecule has 2 rings (SSSR count). The number of aromatic nitrogens is 2. The van der Waals surface area contributed by atoms with Crippen molar-refractivity contribution >= 4 is 45.1 Å². The van der Waals surface area contributed by atoms with E-state index >= 15 is 0 Å². The van der Waals surface area contributed by atoms with Crippen LogP contribution in [0.5, 0.6) is 0 Å². The van der Waals surface area contributed by atoms with Crippen molar-refractivity contribution in [2.24, 2.45) is 0 Å². The van der Waals surface area contributed by atoms with Gasteiger partial charge in [0.25, 0.3) is 0 Å².